The Bertz CT molecular complexity index is 454. The normalized spacial score (nSPS) is 43.5. The van der Waals surface area contributed by atoms with Crippen LogP contribution < -0.4 is 0 Å². The molecule has 2 aliphatic rings. The second-order valence-corrected chi connectivity index (χ2v) is 7.63. The predicted molar refractivity (Wildman–Crippen MR) is 98.7 cm³/mol. The van der Waals surface area contributed by atoms with Gasteiger partial charge in [0, 0.05) is 100.0 Å². The van der Waals surface area contributed by atoms with Crippen LogP contribution in [-0.4, -0.2) is 65.8 Å². The minimum atomic E-state index is -0.926. The van der Waals surface area contributed by atoms with Crippen molar-refractivity contribution in [2.45, 2.75) is 96.5 Å². The first-order chi connectivity index (χ1) is 12.3. The van der Waals surface area contributed by atoms with Crippen LogP contribution in [0.3, 0.4) is 0 Å². The molecule has 0 aromatic heterocycles. The number of rotatable bonds is 7. The Hall–Kier alpha value is 2.38. The molecule has 2 N–H and O–H groups in total. The van der Waals surface area contributed by atoms with Gasteiger partial charge in [0.15, 0.2) is 6.29 Å². The summed E-state index contributed by atoms with van der Waals surface area (Å²) in [5, 5.41) is 21.4. The van der Waals surface area contributed by atoms with Crippen molar-refractivity contribution in [1.82, 2.24) is 0 Å². The average molecular weight is 827 g/mol. The molecule has 2 heterocycles. The van der Waals surface area contributed by atoms with Crippen LogP contribution >= 0.6 is 0 Å². The van der Waals surface area contributed by atoms with Gasteiger partial charge in [0.05, 0.1) is 37.1 Å². The minimum absolute atomic E-state index is 0. The van der Waals surface area contributed by atoms with Gasteiger partial charge in [0.1, 0.15) is 12.2 Å². The molecule has 0 aliphatic carbocycles. The molecule has 0 saturated carbocycles. The van der Waals surface area contributed by atoms with E-state index in [4.69, 9.17) is 18.9 Å². The fraction of sp³-hybridized carbons (Fsp3) is 0.900. The summed E-state index contributed by atoms with van der Waals surface area (Å²) in [6.07, 6.45) is -0.486. The third-order valence-corrected chi connectivity index (χ3v) is 5.84. The molecule has 158 valence electrons. The predicted octanol–water partition coefficient (Wildman–Crippen LogP) is 2.27. The maximum atomic E-state index is 10.8. The van der Waals surface area contributed by atoms with E-state index in [0.717, 1.165) is 12.8 Å². The minimum Gasteiger partial charge on any atom is -0.388 e. The van der Waals surface area contributed by atoms with Crippen LogP contribution in [0.1, 0.15) is 47.5 Å². The largest absolute Gasteiger partial charge is 0.388 e. The van der Waals surface area contributed by atoms with Gasteiger partial charge in [-0.3, -0.25) is 0 Å². The molecule has 2 rings (SSSR count). The van der Waals surface area contributed by atoms with Crippen molar-refractivity contribution in [3.05, 3.63) is 12.7 Å². The van der Waals surface area contributed by atoms with E-state index < -0.39 is 30.7 Å². The molecule has 6 nitrogen and oxygen atoms in total. The molecule has 2 aliphatic heterocycles. The smallest absolute Gasteiger partial charge is 0.186 e. The van der Waals surface area contributed by atoms with Crippen molar-refractivity contribution >= 4 is 0 Å². The fourth-order valence-corrected chi connectivity index (χ4v) is 4.16. The van der Waals surface area contributed by atoms with Gasteiger partial charge in [-0.05, 0) is 19.8 Å². The molecule has 0 amide bonds. The Balaban J connectivity index is 0.00000364. The monoisotopic (exact) mass is 826 g/mol. The molecular weight excluding hydrogens is 790 g/mol. The van der Waals surface area contributed by atoms with Gasteiger partial charge in [-0.25, -0.2) is 0 Å². The van der Waals surface area contributed by atoms with Gasteiger partial charge in [-0.15, -0.1) is 6.58 Å². The summed E-state index contributed by atoms with van der Waals surface area (Å²) < 4.78 is 23.9. The first kappa shape index (κ1) is 30.4. The molecule has 0 aromatic carbocycles. The Morgan fingerprint density at radius 2 is 1.43 bits per heavy atom. The topological polar surface area (TPSA) is 77.4 Å². The molecule has 8 heteroatoms. The number of aliphatic hydroxyl groups excluding tert-OH is 2. The Morgan fingerprint density at radius 3 is 1.96 bits per heavy atom. The zero-order chi connectivity index (χ0) is 19.4. The Labute approximate surface area is 241 Å². The molecule has 4 unspecified atom stereocenters. The van der Waals surface area contributed by atoms with Crippen LogP contribution in [0.4, 0.5) is 0 Å². The summed E-state index contributed by atoms with van der Waals surface area (Å²) in [5.41, 5.74) is 0. The van der Waals surface area contributed by atoms with Crippen LogP contribution in [0.5, 0.6) is 0 Å². The van der Waals surface area contributed by atoms with Crippen molar-refractivity contribution in [3.8, 4) is 0 Å². The van der Waals surface area contributed by atoms with E-state index in [9.17, 15) is 10.2 Å². The standard InChI is InChI=1S/C20H36O6.2Ac/c1-7-10-23-18-11(4)15(9-3)25-20(17(18)22)26-19-12(5)14(8-2)24-13(6)16(19)21;;/h7,11-22H,1,8-10H2,2-6H3;;/t11-,12-,13-,14?,15?,16?,17?,18-,19-,20-;;/m0../s1. The van der Waals surface area contributed by atoms with Crippen LogP contribution in [0.15, 0.2) is 12.7 Å². The molecule has 2 fully saturated rings. The SMILES string of the molecule is C=CCO[C@@H]1C(O)[C@H](O[C@@H]2C(O)[C@H](C)OC(CC)[C@@H]2C)OC(CC)[C@@H]1C.[Ac].[Ac]. The molecule has 28 heavy (non-hydrogen) atoms. The number of aliphatic hydroxyl groups is 2. The maximum Gasteiger partial charge on any atom is 0.186 e. The van der Waals surface area contributed by atoms with Crippen LogP contribution in [0.25, 0.3) is 0 Å². The van der Waals surface area contributed by atoms with Crippen LogP contribution in [0.2, 0.25) is 0 Å². The zero-order valence-electron chi connectivity index (χ0n) is 17.9. The Kier molecular flexibility index (Phi) is 15.8. The van der Waals surface area contributed by atoms with E-state index in [2.05, 4.69) is 13.5 Å². The van der Waals surface area contributed by atoms with E-state index in [0.29, 0.717) is 6.61 Å². The van der Waals surface area contributed by atoms with Crippen molar-refractivity contribution in [3.63, 3.8) is 0 Å². The van der Waals surface area contributed by atoms with E-state index in [-0.39, 0.29) is 118 Å². The Morgan fingerprint density at radius 1 is 0.893 bits per heavy atom. The van der Waals surface area contributed by atoms with Gasteiger partial charge in [-0.2, -0.15) is 0 Å². The molecule has 10 atom stereocenters. The summed E-state index contributed by atoms with van der Waals surface area (Å²) in [5.74, 6) is 0.0307. The van der Waals surface area contributed by atoms with Crippen molar-refractivity contribution < 1.29 is 117 Å². The summed E-state index contributed by atoms with van der Waals surface area (Å²) in [4.78, 5) is 0. The van der Waals surface area contributed by atoms with Crippen molar-refractivity contribution in [2.24, 2.45) is 11.8 Å². The molecular formula is C20H36Ac2O6. The molecule has 0 spiro atoms. The maximum absolute atomic E-state index is 10.8. The zero-order valence-corrected chi connectivity index (χ0v) is 27.4. The number of hydrogen-bond donors (Lipinski definition) is 2. The van der Waals surface area contributed by atoms with E-state index >= 15 is 0 Å². The van der Waals surface area contributed by atoms with Crippen LogP contribution in [0, 0.1) is 100.0 Å². The van der Waals surface area contributed by atoms with Crippen molar-refractivity contribution in [2.75, 3.05) is 6.61 Å². The summed E-state index contributed by atoms with van der Waals surface area (Å²) >= 11 is 0. The third-order valence-electron chi connectivity index (χ3n) is 5.84. The van der Waals surface area contributed by atoms with Crippen molar-refractivity contribution in [1.29, 1.82) is 0 Å². The third kappa shape index (κ3) is 7.20. The number of hydrogen-bond acceptors (Lipinski definition) is 6. The van der Waals surface area contributed by atoms with E-state index in [1.54, 1.807) is 6.08 Å². The first-order valence-corrected chi connectivity index (χ1v) is 9.90. The van der Waals surface area contributed by atoms with Gasteiger partial charge in [0.2, 0.25) is 0 Å². The molecule has 2 saturated heterocycles. The van der Waals surface area contributed by atoms with Gasteiger partial charge in [-0.1, -0.05) is 33.8 Å². The molecule has 0 bridgehead atoms. The second kappa shape index (κ2) is 14.5. The van der Waals surface area contributed by atoms with Gasteiger partial charge in [0.25, 0.3) is 0 Å². The fourth-order valence-electron chi connectivity index (χ4n) is 4.16. The van der Waals surface area contributed by atoms with E-state index in [1.165, 1.54) is 0 Å². The summed E-state index contributed by atoms with van der Waals surface area (Å²) in [6.45, 7) is 14.0. The van der Waals surface area contributed by atoms with Crippen LogP contribution in [-0.2, 0) is 18.9 Å². The summed E-state index contributed by atoms with van der Waals surface area (Å²) in [7, 11) is 0. The summed E-state index contributed by atoms with van der Waals surface area (Å²) in [6, 6.07) is 0. The van der Waals surface area contributed by atoms with Gasteiger partial charge < -0.3 is 29.2 Å². The van der Waals surface area contributed by atoms with E-state index in [1.807, 2.05) is 27.7 Å². The number of ether oxygens (including phenoxy) is 4. The molecule has 2 radical (unpaired) electrons. The van der Waals surface area contributed by atoms with Gasteiger partial charge >= 0.3 is 0 Å². The molecule has 0 aromatic rings. The first-order valence-electron chi connectivity index (χ1n) is 9.90. The quantitative estimate of drug-likeness (QED) is 0.385. The second-order valence-electron chi connectivity index (χ2n) is 7.63. The average Bonchev–Trinajstić information content (AvgIpc) is 2.63.